The third kappa shape index (κ3) is 1.74. The van der Waals surface area contributed by atoms with Gasteiger partial charge in [-0.15, -0.1) is 0 Å². The third-order valence-corrected chi connectivity index (χ3v) is 2.71. The Bertz CT molecular complexity index is 294. The third-order valence-electron chi connectivity index (χ3n) is 2.71. The molecule has 1 saturated carbocycles. The second-order valence-corrected chi connectivity index (χ2v) is 3.72. The number of rotatable bonds is 3. The van der Waals surface area contributed by atoms with Crippen molar-refractivity contribution in [1.82, 2.24) is 0 Å². The lowest BCUT2D eigenvalue weighted by molar-refractivity contribution is 0.279. The summed E-state index contributed by atoms with van der Waals surface area (Å²) in [5.41, 5.74) is 8.16. The lowest BCUT2D eigenvalue weighted by Crippen LogP contribution is -2.14. The van der Waals surface area contributed by atoms with Gasteiger partial charge in [-0.1, -0.05) is 24.3 Å². The molecule has 1 atom stereocenters. The number of nitrogens with two attached hydrogens (primary N) is 1. The molecule has 3 N–H and O–H groups in total. The van der Waals surface area contributed by atoms with Gasteiger partial charge < -0.3 is 10.8 Å². The molecule has 0 radical (unpaired) electrons. The summed E-state index contributed by atoms with van der Waals surface area (Å²) in [6.07, 6.45) is 2.47. The van der Waals surface area contributed by atoms with Crippen LogP contribution in [0.1, 0.15) is 30.0 Å². The number of benzene rings is 1. The predicted octanol–water partition coefficient (Wildman–Crippen LogP) is 1.59. The molecule has 0 aromatic heterocycles. The molecule has 2 heteroatoms. The van der Waals surface area contributed by atoms with E-state index in [4.69, 9.17) is 10.8 Å². The van der Waals surface area contributed by atoms with Crippen molar-refractivity contribution in [2.45, 2.75) is 25.5 Å². The molecular weight excluding hydrogens is 162 g/mol. The molecular formula is C11H15NO. The molecule has 13 heavy (non-hydrogen) atoms. The van der Waals surface area contributed by atoms with Gasteiger partial charge in [-0.3, -0.25) is 0 Å². The van der Waals surface area contributed by atoms with Gasteiger partial charge in [0.1, 0.15) is 0 Å². The molecule has 0 amide bonds. The Hall–Kier alpha value is -0.860. The van der Waals surface area contributed by atoms with Crippen molar-refractivity contribution in [2.24, 2.45) is 11.7 Å². The largest absolute Gasteiger partial charge is 0.392 e. The summed E-state index contributed by atoms with van der Waals surface area (Å²) in [6.45, 7) is 0.0938. The van der Waals surface area contributed by atoms with E-state index in [-0.39, 0.29) is 12.6 Å². The summed E-state index contributed by atoms with van der Waals surface area (Å²) >= 11 is 0. The van der Waals surface area contributed by atoms with Crippen LogP contribution in [0, 0.1) is 5.92 Å². The fraction of sp³-hybridized carbons (Fsp3) is 0.455. The van der Waals surface area contributed by atoms with E-state index in [0.29, 0.717) is 5.92 Å². The van der Waals surface area contributed by atoms with Crippen molar-refractivity contribution in [3.63, 3.8) is 0 Å². The topological polar surface area (TPSA) is 46.2 Å². The maximum atomic E-state index is 9.11. The van der Waals surface area contributed by atoms with E-state index in [0.717, 1.165) is 11.1 Å². The average molecular weight is 177 g/mol. The van der Waals surface area contributed by atoms with Crippen molar-refractivity contribution in [3.8, 4) is 0 Å². The molecule has 0 spiro atoms. The number of aliphatic hydroxyl groups excluding tert-OH is 1. The van der Waals surface area contributed by atoms with Crippen molar-refractivity contribution in [3.05, 3.63) is 35.4 Å². The van der Waals surface area contributed by atoms with Crippen molar-refractivity contribution in [2.75, 3.05) is 0 Å². The summed E-state index contributed by atoms with van der Waals surface area (Å²) in [4.78, 5) is 0. The molecule has 1 fully saturated rings. The Morgan fingerprint density at radius 3 is 2.69 bits per heavy atom. The second-order valence-electron chi connectivity index (χ2n) is 3.72. The Labute approximate surface area is 78.4 Å². The number of hydrogen-bond donors (Lipinski definition) is 2. The van der Waals surface area contributed by atoms with E-state index in [1.165, 1.54) is 12.8 Å². The highest BCUT2D eigenvalue weighted by molar-refractivity contribution is 5.30. The van der Waals surface area contributed by atoms with Gasteiger partial charge in [0.2, 0.25) is 0 Å². The summed E-state index contributed by atoms with van der Waals surface area (Å²) < 4.78 is 0. The number of hydrogen-bond acceptors (Lipinski definition) is 2. The molecule has 2 nitrogen and oxygen atoms in total. The monoisotopic (exact) mass is 177 g/mol. The zero-order chi connectivity index (χ0) is 9.26. The summed E-state index contributed by atoms with van der Waals surface area (Å²) in [5.74, 6) is 0.646. The van der Waals surface area contributed by atoms with E-state index in [1.807, 2.05) is 24.3 Å². The quantitative estimate of drug-likeness (QED) is 0.736. The van der Waals surface area contributed by atoms with E-state index in [9.17, 15) is 0 Å². The molecule has 2 rings (SSSR count). The van der Waals surface area contributed by atoms with Gasteiger partial charge >= 0.3 is 0 Å². The van der Waals surface area contributed by atoms with Crippen LogP contribution in [0.25, 0.3) is 0 Å². The number of aliphatic hydroxyl groups is 1. The van der Waals surface area contributed by atoms with Gasteiger partial charge in [0, 0.05) is 6.04 Å². The molecule has 70 valence electrons. The minimum atomic E-state index is 0.0938. The lowest BCUT2D eigenvalue weighted by Gasteiger charge is -2.14. The minimum absolute atomic E-state index is 0.0938. The van der Waals surface area contributed by atoms with Crippen molar-refractivity contribution < 1.29 is 5.11 Å². The molecule has 1 aliphatic carbocycles. The van der Waals surface area contributed by atoms with Crippen molar-refractivity contribution in [1.29, 1.82) is 0 Å². The first-order chi connectivity index (χ1) is 6.33. The molecule has 1 aromatic rings. The predicted molar refractivity (Wildman–Crippen MR) is 52.0 cm³/mol. The molecule has 0 unspecified atom stereocenters. The molecule has 0 saturated heterocycles. The van der Waals surface area contributed by atoms with E-state index >= 15 is 0 Å². The van der Waals surface area contributed by atoms with Gasteiger partial charge in [-0.25, -0.2) is 0 Å². The van der Waals surface area contributed by atoms with Crippen LogP contribution in [-0.2, 0) is 6.61 Å². The second kappa shape index (κ2) is 3.48. The summed E-state index contributed by atoms with van der Waals surface area (Å²) in [7, 11) is 0. The normalized spacial score (nSPS) is 18.6. The zero-order valence-corrected chi connectivity index (χ0v) is 7.61. The van der Waals surface area contributed by atoms with Crippen LogP contribution in [-0.4, -0.2) is 5.11 Å². The van der Waals surface area contributed by atoms with E-state index in [1.54, 1.807) is 0 Å². The Morgan fingerprint density at radius 2 is 2.08 bits per heavy atom. The molecule has 1 aromatic carbocycles. The SMILES string of the molecule is N[C@H](c1ccccc1CO)C1CC1. The zero-order valence-electron chi connectivity index (χ0n) is 7.61. The van der Waals surface area contributed by atoms with Crippen LogP contribution in [0.5, 0.6) is 0 Å². The summed E-state index contributed by atoms with van der Waals surface area (Å²) in [5, 5.41) is 9.11. The highest BCUT2D eigenvalue weighted by Gasteiger charge is 2.30. The first-order valence-electron chi connectivity index (χ1n) is 4.77. The van der Waals surface area contributed by atoms with Crippen molar-refractivity contribution >= 4 is 0 Å². The van der Waals surface area contributed by atoms with Gasteiger partial charge in [0.05, 0.1) is 6.61 Å². The fourth-order valence-electron chi connectivity index (χ4n) is 1.71. The Morgan fingerprint density at radius 1 is 1.38 bits per heavy atom. The lowest BCUT2D eigenvalue weighted by atomic mass is 9.98. The van der Waals surface area contributed by atoms with Gasteiger partial charge in [0.25, 0.3) is 0 Å². The molecule has 0 bridgehead atoms. The Kier molecular flexibility index (Phi) is 2.34. The van der Waals surface area contributed by atoms with Crippen LogP contribution in [0.4, 0.5) is 0 Å². The van der Waals surface area contributed by atoms with Crippen LogP contribution >= 0.6 is 0 Å². The Balaban J connectivity index is 2.26. The highest BCUT2D eigenvalue weighted by atomic mass is 16.3. The maximum absolute atomic E-state index is 9.11. The van der Waals surface area contributed by atoms with Gasteiger partial charge in [-0.05, 0) is 29.9 Å². The summed E-state index contributed by atoms with van der Waals surface area (Å²) in [6, 6.07) is 8.01. The maximum Gasteiger partial charge on any atom is 0.0685 e. The molecule has 0 aliphatic heterocycles. The average Bonchev–Trinajstić information content (AvgIpc) is 3.00. The van der Waals surface area contributed by atoms with Crippen LogP contribution in [0.15, 0.2) is 24.3 Å². The van der Waals surface area contributed by atoms with Gasteiger partial charge in [0.15, 0.2) is 0 Å². The van der Waals surface area contributed by atoms with E-state index < -0.39 is 0 Å². The standard InChI is InChI=1S/C11H15NO/c12-11(8-5-6-8)10-4-2-1-3-9(10)7-13/h1-4,8,11,13H,5-7,12H2/t11-/m0/s1. The van der Waals surface area contributed by atoms with E-state index in [2.05, 4.69) is 0 Å². The fourth-order valence-corrected chi connectivity index (χ4v) is 1.71. The van der Waals surface area contributed by atoms with Crippen LogP contribution in [0.3, 0.4) is 0 Å². The minimum Gasteiger partial charge on any atom is -0.392 e. The molecule has 0 heterocycles. The van der Waals surface area contributed by atoms with Crippen LogP contribution < -0.4 is 5.73 Å². The molecule has 1 aliphatic rings. The first kappa shape index (κ1) is 8.73. The smallest absolute Gasteiger partial charge is 0.0685 e. The van der Waals surface area contributed by atoms with Gasteiger partial charge in [-0.2, -0.15) is 0 Å². The highest BCUT2D eigenvalue weighted by Crippen LogP contribution is 2.40. The van der Waals surface area contributed by atoms with Crippen LogP contribution in [0.2, 0.25) is 0 Å². The first-order valence-corrected chi connectivity index (χ1v) is 4.77.